The number of amides is 5. The summed E-state index contributed by atoms with van der Waals surface area (Å²) in [6.45, 7) is 1.52. The topological polar surface area (TPSA) is 296 Å². The molecular weight excluding hydrogens is 668 g/mol. The first-order valence-electron chi connectivity index (χ1n) is 17.9. The van der Waals surface area contributed by atoms with Gasteiger partial charge in [-0.3, -0.25) is 24.0 Å². The minimum absolute atomic E-state index is 0.0125. The Hall–Kier alpha value is -4.61. The molecule has 4 bridgehead atoms. The molecule has 5 atom stereocenters. The molecule has 52 heavy (non-hydrogen) atoms. The summed E-state index contributed by atoms with van der Waals surface area (Å²) in [7, 11) is 0. The molecule has 2 aromatic rings. The van der Waals surface area contributed by atoms with E-state index in [-0.39, 0.29) is 63.4 Å². The molecule has 16 heteroatoms. The van der Waals surface area contributed by atoms with Crippen LogP contribution in [0.3, 0.4) is 0 Å². The van der Waals surface area contributed by atoms with Gasteiger partial charge >= 0.3 is 0 Å². The third-order valence-corrected chi connectivity index (χ3v) is 8.81. The summed E-state index contributed by atoms with van der Waals surface area (Å²) in [5.41, 5.74) is 31.9. The van der Waals surface area contributed by atoms with E-state index in [2.05, 4.69) is 26.6 Å². The molecule has 1 heterocycles. The first kappa shape index (κ1) is 41.8. The minimum Gasteiger partial charge on any atom is -0.508 e. The average molecular weight is 725 g/mol. The number of carbonyl (C=O) groups excluding carboxylic acids is 5. The van der Waals surface area contributed by atoms with Crippen LogP contribution in [0.15, 0.2) is 42.5 Å². The molecule has 0 aromatic heterocycles. The van der Waals surface area contributed by atoms with Crippen molar-refractivity contribution >= 4 is 29.5 Å². The third kappa shape index (κ3) is 13.5. The highest BCUT2D eigenvalue weighted by Crippen LogP contribution is 2.28. The van der Waals surface area contributed by atoms with Crippen molar-refractivity contribution in [2.45, 2.75) is 88.0 Å². The van der Waals surface area contributed by atoms with Crippen LogP contribution in [0.25, 0.3) is 11.1 Å². The molecule has 0 saturated heterocycles. The number of hydrogen-bond donors (Lipinski definition) is 11. The van der Waals surface area contributed by atoms with Crippen LogP contribution in [0.1, 0.15) is 56.1 Å². The highest BCUT2D eigenvalue weighted by Gasteiger charge is 2.31. The van der Waals surface area contributed by atoms with Crippen molar-refractivity contribution in [1.29, 1.82) is 0 Å². The summed E-state index contributed by atoms with van der Waals surface area (Å²) in [5, 5.41) is 24.4. The molecule has 16 nitrogen and oxygen atoms in total. The van der Waals surface area contributed by atoms with Gasteiger partial charge < -0.3 is 60.4 Å². The van der Waals surface area contributed by atoms with E-state index in [0.29, 0.717) is 44.3 Å². The van der Waals surface area contributed by atoms with E-state index in [0.717, 1.165) is 16.7 Å². The SMILES string of the molecule is NCCC[C@H](NC(=O)[C@@H]1Cc2cccc(c2)-c2ccc(O)c(c2)C[C@H](N)C(=O)N[C@@H](CCCN)C(=O)N1)C(=O)NCCC[C@H](N)CC(=O)NCCN. The number of aromatic hydroxyl groups is 1. The van der Waals surface area contributed by atoms with Gasteiger partial charge in [0.15, 0.2) is 0 Å². The third-order valence-electron chi connectivity index (χ3n) is 8.81. The maximum atomic E-state index is 14.0. The Labute approximate surface area is 304 Å². The lowest BCUT2D eigenvalue weighted by molar-refractivity contribution is -0.134. The van der Waals surface area contributed by atoms with E-state index in [1.165, 1.54) is 6.07 Å². The van der Waals surface area contributed by atoms with Crippen molar-refractivity contribution in [3.63, 3.8) is 0 Å². The van der Waals surface area contributed by atoms with Crippen LogP contribution in [0, 0.1) is 0 Å². The van der Waals surface area contributed by atoms with E-state index in [4.69, 9.17) is 28.7 Å². The zero-order chi connectivity index (χ0) is 38.0. The number of carbonyl (C=O) groups is 5. The van der Waals surface area contributed by atoms with E-state index in [9.17, 15) is 29.1 Å². The number of fused-ring (bicyclic) bond motifs is 5. The van der Waals surface area contributed by atoms with Gasteiger partial charge in [-0.1, -0.05) is 30.3 Å². The van der Waals surface area contributed by atoms with E-state index >= 15 is 0 Å². The number of hydrogen-bond acceptors (Lipinski definition) is 11. The monoisotopic (exact) mass is 724 g/mol. The lowest BCUT2D eigenvalue weighted by Gasteiger charge is -2.26. The molecule has 0 fully saturated rings. The van der Waals surface area contributed by atoms with E-state index in [1.54, 1.807) is 12.1 Å². The van der Waals surface area contributed by atoms with Gasteiger partial charge in [-0.25, -0.2) is 0 Å². The maximum absolute atomic E-state index is 14.0. The summed E-state index contributed by atoms with van der Waals surface area (Å²) in [6, 6.07) is 7.82. The molecule has 1 aliphatic heterocycles. The summed E-state index contributed by atoms with van der Waals surface area (Å²) in [4.78, 5) is 66.1. The Balaban J connectivity index is 1.83. The van der Waals surface area contributed by atoms with Crippen molar-refractivity contribution in [1.82, 2.24) is 26.6 Å². The second-order valence-corrected chi connectivity index (χ2v) is 13.1. The van der Waals surface area contributed by atoms with Gasteiger partial charge in [-0.2, -0.15) is 0 Å². The average Bonchev–Trinajstić information content (AvgIpc) is 3.12. The Morgan fingerprint density at radius 3 is 2.33 bits per heavy atom. The molecule has 0 aliphatic carbocycles. The molecule has 0 saturated carbocycles. The fourth-order valence-electron chi connectivity index (χ4n) is 5.91. The molecule has 5 amide bonds. The standard InChI is InChI=1S/C36H56N10O6/c37-12-2-8-28(34(50)43-15-4-7-26(40)21-32(48)42-16-14-39)45-36(52)30-18-22-5-1-6-23(17-22)24-10-11-31(47)25(19-24)20-27(41)33(49)44-29(9-3-13-38)35(51)46-30/h1,5-6,10-11,17,19,26-30,47H,2-4,7-9,12-16,18,20-21,37-41H2,(H,42,48)(H,43,50)(H,44,49)(H,45,52)(H,46,51)/t26-,27-,28-,29-,30-/m0/s1. The fourth-order valence-corrected chi connectivity index (χ4v) is 5.91. The largest absolute Gasteiger partial charge is 0.508 e. The smallest absolute Gasteiger partial charge is 0.243 e. The highest BCUT2D eigenvalue weighted by atomic mass is 16.3. The fraction of sp³-hybridized carbons (Fsp3) is 0.528. The first-order valence-corrected chi connectivity index (χ1v) is 17.9. The van der Waals surface area contributed by atoms with Crippen molar-refractivity contribution in [3.8, 4) is 16.9 Å². The summed E-state index contributed by atoms with van der Waals surface area (Å²) in [5.74, 6) is -2.44. The van der Waals surface area contributed by atoms with Gasteiger partial charge in [0.2, 0.25) is 29.5 Å². The molecule has 1 aliphatic rings. The van der Waals surface area contributed by atoms with Crippen molar-refractivity contribution in [2.75, 3.05) is 32.7 Å². The number of phenolic OH excluding ortho intramolecular Hbond substituents is 1. The van der Waals surface area contributed by atoms with Gasteiger partial charge in [0, 0.05) is 44.9 Å². The number of rotatable bonds is 17. The molecule has 0 unspecified atom stereocenters. The second kappa shape index (κ2) is 21.7. The van der Waals surface area contributed by atoms with Crippen LogP contribution >= 0.6 is 0 Å². The summed E-state index contributed by atoms with van der Waals surface area (Å²) < 4.78 is 0. The van der Waals surface area contributed by atoms with Crippen LogP contribution in [0.2, 0.25) is 0 Å². The van der Waals surface area contributed by atoms with Crippen molar-refractivity contribution < 1.29 is 29.1 Å². The van der Waals surface area contributed by atoms with Gasteiger partial charge in [-0.05, 0) is 86.0 Å². The Morgan fingerprint density at radius 2 is 1.60 bits per heavy atom. The van der Waals surface area contributed by atoms with Crippen molar-refractivity contribution in [3.05, 3.63) is 53.6 Å². The van der Waals surface area contributed by atoms with E-state index in [1.807, 2.05) is 24.3 Å². The van der Waals surface area contributed by atoms with E-state index < -0.39 is 53.8 Å². The normalized spacial score (nSPS) is 18.8. The zero-order valence-corrected chi connectivity index (χ0v) is 29.7. The number of nitrogens with one attached hydrogen (secondary N) is 5. The van der Waals surface area contributed by atoms with Gasteiger partial charge in [0.1, 0.15) is 23.9 Å². The molecule has 286 valence electrons. The van der Waals surface area contributed by atoms with Gasteiger partial charge in [0.25, 0.3) is 0 Å². The van der Waals surface area contributed by atoms with Gasteiger partial charge in [-0.15, -0.1) is 0 Å². The maximum Gasteiger partial charge on any atom is 0.243 e. The van der Waals surface area contributed by atoms with Gasteiger partial charge in [0.05, 0.1) is 6.04 Å². The molecule has 3 rings (SSSR count). The number of benzene rings is 2. The highest BCUT2D eigenvalue weighted by molar-refractivity contribution is 5.95. The predicted octanol–water partition coefficient (Wildman–Crippen LogP) is -1.89. The van der Waals surface area contributed by atoms with Crippen LogP contribution < -0.4 is 55.3 Å². The Kier molecular flexibility index (Phi) is 17.4. The lowest BCUT2D eigenvalue weighted by atomic mass is 9.96. The molecule has 2 aromatic carbocycles. The molecular formula is C36H56N10O6. The molecule has 0 spiro atoms. The van der Waals surface area contributed by atoms with Crippen molar-refractivity contribution in [2.24, 2.45) is 28.7 Å². The zero-order valence-electron chi connectivity index (χ0n) is 29.7. The van der Waals surface area contributed by atoms with Crippen LogP contribution in [-0.4, -0.2) is 97.6 Å². The van der Waals surface area contributed by atoms with Crippen LogP contribution in [-0.2, 0) is 36.8 Å². The second-order valence-electron chi connectivity index (χ2n) is 13.1. The lowest BCUT2D eigenvalue weighted by Crippen LogP contribution is -2.58. The summed E-state index contributed by atoms with van der Waals surface area (Å²) >= 11 is 0. The first-order chi connectivity index (χ1) is 24.9. The predicted molar refractivity (Wildman–Crippen MR) is 198 cm³/mol. The minimum atomic E-state index is -1.13. The quantitative estimate of drug-likeness (QED) is 0.0802. The number of phenols is 1. The molecule has 0 radical (unpaired) electrons. The molecule has 16 N–H and O–H groups in total. The summed E-state index contributed by atoms with van der Waals surface area (Å²) in [6.07, 6.45) is 2.51. The van der Waals surface area contributed by atoms with Crippen LogP contribution in [0.5, 0.6) is 5.75 Å². The Bertz CT molecular complexity index is 1510. The Morgan fingerprint density at radius 1 is 0.846 bits per heavy atom. The van der Waals surface area contributed by atoms with Crippen LogP contribution in [0.4, 0.5) is 0 Å². The number of nitrogens with two attached hydrogens (primary N) is 5.